The minimum absolute atomic E-state index is 0.120. The van der Waals surface area contributed by atoms with Gasteiger partial charge >= 0.3 is 6.09 Å². The Labute approximate surface area is 90.8 Å². The Morgan fingerprint density at radius 2 is 2.07 bits per heavy atom. The molecule has 1 N–H and O–H groups in total. The van der Waals surface area contributed by atoms with Crippen LogP contribution in [0, 0.1) is 0 Å². The summed E-state index contributed by atoms with van der Waals surface area (Å²) in [5.74, 6) is 0.519. The van der Waals surface area contributed by atoms with Crippen molar-refractivity contribution in [3.63, 3.8) is 0 Å². The number of ether oxygens (including phenoxy) is 2. The lowest BCUT2D eigenvalue weighted by Gasteiger charge is -2.23. The predicted molar refractivity (Wildman–Crippen MR) is 58.9 cm³/mol. The fourth-order valence-corrected chi connectivity index (χ4v) is 0.913. The molecule has 0 spiro atoms. The number of amides is 1. The van der Waals surface area contributed by atoms with E-state index in [1.165, 1.54) is 7.11 Å². The molecule has 0 saturated carbocycles. The van der Waals surface area contributed by atoms with Crippen LogP contribution in [0.4, 0.5) is 4.79 Å². The van der Waals surface area contributed by atoms with Gasteiger partial charge in [0.15, 0.2) is 0 Å². The van der Waals surface area contributed by atoms with Gasteiger partial charge in [0, 0.05) is 5.75 Å². The second kappa shape index (κ2) is 6.14. The van der Waals surface area contributed by atoms with Crippen LogP contribution in [0.2, 0.25) is 0 Å². The molecule has 0 aliphatic carbocycles. The van der Waals surface area contributed by atoms with E-state index in [9.17, 15) is 4.79 Å². The van der Waals surface area contributed by atoms with Gasteiger partial charge in [-0.1, -0.05) is 0 Å². The highest BCUT2D eigenvalue weighted by molar-refractivity contribution is 7.80. The largest absolute Gasteiger partial charge is 0.453 e. The summed E-state index contributed by atoms with van der Waals surface area (Å²) >= 11 is 4.11. The van der Waals surface area contributed by atoms with Crippen molar-refractivity contribution in [2.45, 2.75) is 32.4 Å². The average Bonchev–Trinajstić information content (AvgIpc) is 2.10. The third-order valence-corrected chi connectivity index (χ3v) is 1.89. The first-order valence-corrected chi connectivity index (χ1v) is 5.11. The number of carbonyl (C=O) groups excluding carboxylic acids is 1. The highest BCUT2D eigenvalue weighted by Crippen LogP contribution is 2.07. The van der Waals surface area contributed by atoms with Crippen LogP contribution in [0.25, 0.3) is 0 Å². The Balaban J connectivity index is 3.86. The van der Waals surface area contributed by atoms with Gasteiger partial charge in [-0.3, -0.25) is 0 Å². The summed E-state index contributed by atoms with van der Waals surface area (Å²) in [7, 11) is 1.33. The zero-order valence-corrected chi connectivity index (χ0v) is 10.1. The molecule has 0 aliphatic rings. The maximum Gasteiger partial charge on any atom is 0.407 e. The fraction of sp³-hybridized carbons (Fsp3) is 0.889. The molecule has 14 heavy (non-hydrogen) atoms. The van der Waals surface area contributed by atoms with Gasteiger partial charge < -0.3 is 14.8 Å². The molecular formula is C9H19NO3S. The highest BCUT2D eigenvalue weighted by atomic mass is 32.1. The van der Waals surface area contributed by atoms with Crippen LogP contribution in [0.5, 0.6) is 0 Å². The van der Waals surface area contributed by atoms with Gasteiger partial charge in [0.05, 0.1) is 25.4 Å². The molecule has 0 aromatic rings. The molecule has 0 aliphatic heterocycles. The van der Waals surface area contributed by atoms with Crippen molar-refractivity contribution in [2.24, 2.45) is 0 Å². The predicted octanol–water partition coefficient (Wildman–Crippen LogP) is 1.46. The SMILES string of the molecule is COC(=O)N[C@@H](CS)COC(C)(C)C. The van der Waals surface area contributed by atoms with E-state index in [0.717, 1.165) is 0 Å². The molecule has 4 nitrogen and oxygen atoms in total. The van der Waals surface area contributed by atoms with Crippen LogP contribution in [0.15, 0.2) is 0 Å². The highest BCUT2D eigenvalue weighted by Gasteiger charge is 2.16. The Morgan fingerprint density at radius 3 is 2.43 bits per heavy atom. The van der Waals surface area contributed by atoms with Crippen LogP contribution in [0.1, 0.15) is 20.8 Å². The minimum Gasteiger partial charge on any atom is -0.453 e. The van der Waals surface area contributed by atoms with E-state index in [0.29, 0.717) is 12.4 Å². The van der Waals surface area contributed by atoms with Crippen LogP contribution < -0.4 is 5.32 Å². The molecule has 0 unspecified atom stereocenters. The number of hydrogen-bond acceptors (Lipinski definition) is 4. The van der Waals surface area contributed by atoms with Crippen LogP contribution in [0.3, 0.4) is 0 Å². The van der Waals surface area contributed by atoms with Crippen molar-refractivity contribution in [2.75, 3.05) is 19.5 Å². The van der Waals surface area contributed by atoms with E-state index < -0.39 is 6.09 Å². The van der Waals surface area contributed by atoms with Crippen molar-refractivity contribution in [1.82, 2.24) is 5.32 Å². The number of alkyl carbamates (subject to hydrolysis) is 1. The quantitative estimate of drug-likeness (QED) is 0.706. The third kappa shape index (κ3) is 7.03. The molecule has 0 heterocycles. The molecule has 0 fully saturated rings. The van der Waals surface area contributed by atoms with Gasteiger partial charge in [0.1, 0.15) is 0 Å². The molecule has 0 rings (SSSR count). The first-order valence-electron chi connectivity index (χ1n) is 4.48. The molecule has 0 aromatic carbocycles. The summed E-state index contributed by atoms with van der Waals surface area (Å²) in [5.41, 5.74) is -0.209. The molecule has 5 heteroatoms. The lowest BCUT2D eigenvalue weighted by Crippen LogP contribution is -2.41. The van der Waals surface area contributed by atoms with Gasteiger partial charge in [0.25, 0.3) is 0 Å². The Kier molecular flexibility index (Phi) is 5.95. The van der Waals surface area contributed by atoms with Gasteiger partial charge in [-0.25, -0.2) is 4.79 Å². The second-order valence-electron chi connectivity index (χ2n) is 3.94. The maximum atomic E-state index is 10.9. The maximum absolute atomic E-state index is 10.9. The van der Waals surface area contributed by atoms with Crippen LogP contribution >= 0.6 is 12.6 Å². The van der Waals surface area contributed by atoms with Crippen molar-refractivity contribution in [3.8, 4) is 0 Å². The smallest absolute Gasteiger partial charge is 0.407 e. The minimum atomic E-state index is -0.457. The van der Waals surface area contributed by atoms with Gasteiger partial charge in [-0.05, 0) is 20.8 Å². The Bertz CT molecular complexity index is 179. The van der Waals surface area contributed by atoms with E-state index >= 15 is 0 Å². The van der Waals surface area contributed by atoms with Gasteiger partial charge in [0.2, 0.25) is 0 Å². The van der Waals surface area contributed by atoms with Crippen molar-refractivity contribution < 1.29 is 14.3 Å². The lowest BCUT2D eigenvalue weighted by molar-refractivity contribution is -0.0114. The summed E-state index contributed by atoms with van der Waals surface area (Å²) in [6, 6.07) is -0.120. The number of methoxy groups -OCH3 is 1. The standard InChI is InChI=1S/C9H19NO3S/c1-9(2,3)13-5-7(6-14)10-8(11)12-4/h7,14H,5-6H2,1-4H3,(H,10,11)/t7-/m1/s1. The summed E-state index contributed by atoms with van der Waals surface area (Å²) in [6.07, 6.45) is -0.457. The average molecular weight is 221 g/mol. The van der Waals surface area contributed by atoms with Crippen LogP contribution in [-0.2, 0) is 9.47 Å². The molecule has 1 atom stereocenters. The topological polar surface area (TPSA) is 47.6 Å². The molecular weight excluding hydrogens is 202 g/mol. The Hall–Kier alpha value is -0.420. The zero-order chi connectivity index (χ0) is 11.2. The first kappa shape index (κ1) is 13.6. The van der Waals surface area contributed by atoms with E-state index in [4.69, 9.17) is 4.74 Å². The summed E-state index contributed by atoms with van der Waals surface area (Å²) in [5, 5.41) is 2.63. The van der Waals surface area contributed by atoms with E-state index in [2.05, 4.69) is 22.7 Å². The number of hydrogen-bond donors (Lipinski definition) is 2. The lowest BCUT2D eigenvalue weighted by atomic mass is 10.2. The van der Waals surface area contributed by atoms with Crippen molar-refractivity contribution >= 4 is 18.7 Å². The Morgan fingerprint density at radius 1 is 1.50 bits per heavy atom. The van der Waals surface area contributed by atoms with E-state index in [-0.39, 0.29) is 11.6 Å². The fourth-order valence-electron chi connectivity index (χ4n) is 0.716. The van der Waals surface area contributed by atoms with Crippen molar-refractivity contribution in [3.05, 3.63) is 0 Å². The number of thiol groups is 1. The molecule has 1 amide bonds. The molecule has 0 saturated heterocycles. The third-order valence-electron chi connectivity index (χ3n) is 1.45. The summed E-state index contributed by atoms with van der Waals surface area (Å²) < 4.78 is 9.98. The monoisotopic (exact) mass is 221 g/mol. The van der Waals surface area contributed by atoms with Crippen molar-refractivity contribution in [1.29, 1.82) is 0 Å². The molecule has 0 aromatic heterocycles. The number of carbonyl (C=O) groups is 1. The van der Waals surface area contributed by atoms with E-state index in [1.807, 2.05) is 20.8 Å². The van der Waals surface area contributed by atoms with Crippen LogP contribution in [-0.4, -0.2) is 37.2 Å². The molecule has 0 radical (unpaired) electrons. The van der Waals surface area contributed by atoms with Gasteiger partial charge in [-0.15, -0.1) is 0 Å². The second-order valence-corrected chi connectivity index (χ2v) is 4.30. The molecule has 84 valence electrons. The summed E-state index contributed by atoms with van der Waals surface area (Å²) in [4.78, 5) is 10.9. The van der Waals surface area contributed by atoms with Gasteiger partial charge in [-0.2, -0.15) is 12.6 Å². The summed E-state index contributed by atoms with van der Waals surface area (Å²) in [6.45, 7) is 6.31. The molecule has 0 bridgehead atoms. The van der Waals surface area contributed by atoms with E-state index in [1.54, 1.807) is 0 Å². The zero-order valence-electron chi connectivity index (χ0n) is 9.16. The normalized spacial score (nSPS) is 13.5. The number of nitrogens with one attached hydrogen (secondary N) is 1. The first-order chi connectivity index (χ1) is 6.39. The number of rotatable bonds is 4.